The number of rotatable bonds is 4. The van der Waals surface area contributed by atoms with Crippen molar-refractivity contribution in [2.45, 2.75) is 38.3 Å². The van der Waals surface area contributed by atoms with Gasteiger partial charge in [-0.15, -0.1) is 6.58 Å². The summed E-state index contributed by atoms with van der Waals surface area (Å²) in [5.74, 6) is -1.27. The number of Topliss-reactive ketones (excluding diaryl/α,β-unsaturated/α-hetero) is 1. The average Bonchev–Trinajstić information content (AvgIpc) is 3.18. The van der Waals surface area contributed by atoms with Gasteiger partial charge in [0.25, 0.3) is 0 Å². The lowest BCUT2D eigenvalue weighted by Gasteiger charge is -2.39. The van der Waals surface area contributed by atoms with E-state index in [0.717, 1.165) is 4.57 Å². The van der Waals surface area contributed by atoms with Gasteiger partial charge in [0.1, 0.15) is 5.75 Å². The highest BCUT2D eigenvalue weighted by Gasteiger charge is 2.45. The number of phenols is 1. The van der Waals surface area contributed by atoms with Gasteiger partial charge in [0.15, 0.2) is 11.6 Å². The smallest absolute Gasteiger partial charge is 0.352 e. The summed E-state index contributed by atoms with van der Waals surface area (Å²) < 4.78 is 3.89. The summed E-state index contributed by atoms with van der Waals surface area (Å²) >= 11 is 0. The summed E-state index contributed by atoms with van der Waals surface area (Å²) in [5, 5.41) is 11.3. The predicted octanol–water partition coefficient (Wildman–Crippen LogP) is 3.30. The molecule has 0 amide bonds. The molecule has 2 aliphatic carbocycles. The molecule has 6 rings (SSSR count). The van der Waals surface area contributed by atoms with E-state index in [1.54, 1.807) is 61.5 Å². The van der Waals surface area contributed by atoms with E-state index >= 15 is 0 Å². The first-order valence-electron chi connectivity index (χ1n) is 12.4. The fourth-order valence-corrected chi connectivity index (χ4v) is 5.95. The zero-order chi connectivity index (χ0) is 26.7. The van der Waals surface area contributed by atoms with Gasteiger partial charge in [0, 0.05) is 34.6 Å². The Morgan fingerprint density at radius 2 is 1.79 bits per heavy atom. The van der Waals surface area contributed by atoms with Gasteiger partial charge in [0.05, 0.1) is 18.3 Å². The number of aromatic hydroxyl groups is 1. The molecule has 3 aliphatic rings. The summed E-state index contributed by atoms with van der Waals surface area (Å²) in [4.78, 5) is 53.8. The molecule has 1 N–H and O–H groups in total. The van der Waals surface area contributed by atoms with Gasteiger partial charge in [-0.2, -0.15) is 0 Å². The van der Waals surface area contributed by atoms with E-state index in [1.165, 1.54) is 15.4 Å². The molecule has 0 saturated heterocycles. The Bertz CT molecular complexity index is 1760. The first-order chi connectivity index (χ1) is 18.3. The Morgan fingerprint density at radius 1 is 1.03 bits per heavy atom. The van der Waals surface area contributed by atoms with Crippen molar-refractivity contribution in [1.29, 1.82) is 0 Å². The second kappa shape index (κ2) is 8.69. The van der Waals surface area contributed by atoms with Crippen LogP contribution in [0.5, 0.6) is 5.75 Å². The van der Waals surface area contributed by atoms with Crippen LogP contribution < -0.4 is 11.4 Å². The van der Waals surface area contributed by atoms with Gasteiger partial charge >= 0.3 is 11.4 Å². The lowest BCUT2D eigenvalue weighted by molar-refractivity contribution is -0.116. The van der Waals surface area contributed by atoms with Crippen molar-refractivity contribution < 1.29 is 14.7 Å². The molecule has 0 fully saturated rings. The molecule has 0 saturated carbocycles. The molecular weight excluding hydrogens is 482 g/mol. The number of nitrogens with zero attached hydrogens (tertiary/aromatic N) is 3. The van der Waals surface area contributed by atoms with Crippen molar-refractivity contribution in [2.24, 2.45) is 0 Å². The molecule has 0 spiro atoms. The van der Waals surface area contributed by atoms with Crippen LogP contribution in [0.1, 0.15) is 36.4 Å². The van der Waals surface area contributed by atoms with Gasteiger partial charge in [-0.3, -0.25) is 9.59 Å². The fraction of sp³-hybridized carbons (Fsp3) is 0.200. The zero-order valence-corrected chi connectivity index (χ0v) is 20.8. The monoisotopic (exact) mass is 507 g/mol. The molecule has 190 valence electrons. The summed E-state index contributed by atoms with van der Waals surface area (Å²) in [6.45, 7) is 5.49. The number of carbonyl (C=O) groups is 2. The summed E-state index contributed by atoms with van der Waals surface area (Å²) in [5.41, 5.74) is 2.24. The van der Waals surface area contributed by atoms with E-state index in [4.69, 9.17) is 0 Å². The molecule has 8 heteroatoms. The molecule has 2 heterocycles. The third-order valence-electron chi connectivity index (χ3n) is 7.67. The van der Waals surface area contributed by atoms with Crippen molar-refractivity contribution >= 4 is 11.6 Å². The van der Waals surface area contributed by atoms with Crippen LogP contribution in [-0.4, -0.2) is 30.6 Å². The molecule has 1 aromatic heterocycles. The molecule has 0 unspecified atom stereocenters. The minimum Gasteiger partial charge on any atom is -0.507 e. The van der Waals surface area contributed by atoms with Crippen LogP contribution in [0.15, 0.2) is 105 Å². The maximum Gasteiger partial charge on any atom is 0.352 e. The van der Waals surface area contributed by atoms with E-state index < -0.39 is 23.3 Å². The van der Waals surface area contributed by atoms with Crippen LogP contribution in [0.4, 0.5) is 0 Å². The molecule has 3 aromatic rings. The maximum atomic E-state index is 13.7. The lowest BCUT2D eigenvalue weighted by Crippen LogP contribution is -2.40. The first-order valence-corrected chi connectivity index (χ1v) is 12.4. The Morgan fingerprint density at radius 3 is 2.53 bits per heavy atom. The van der Waals surface area contributed by atoms with E-state index in [2.05, 4.69) is 6.58 Å². The second-order valence-corrected chi connectivity index (χ2v) is 9.78. The van der Waals surface area contributed by atoms with Crippen molar-refractivity contribution in [3.8, 4) is 11.4 Å². The third kappa shape index (κ3) is 3.30. The van der Waals surface area contributed by atoms with E-state index in [9.17, 15) is 24.3 Å². The molecule has 2 atom stereocenters. The van der Waals surface area contributed by atoms with Crippen LogP contribution in [0.2, 0.25) is 0 Å². The molecule has 0 bridgehead atoms. The summed E-state index contributed by atoms with van der Waals surface area (Å²) in [6, 6.07) is 13.3. The number of fused-ring (bicyclic) bond motifs is 3. The van der Waals surface area contributed by atoms with Crippen LogP contribution in [-0.2, 0) is 22.6 Å². The van der Waals surface area contributed by atoms with Gasteiger partial charge < -0.3 is 5.11 Å². The number of ketones is 2. The van der Waals surface area contributed by atoms with Gasteiger partial charge in [-0.05, 0) is 42.7 Å². The van der Waals surface area contributed by atoms with Crippen molar-refractivity contribution in [3.05, 3.63) is 128 Å². The molecule has 1 aliphatic heterocycles. The highest BCUT2D eigenvalue weighted by Crippen LogP contribution is 2.51. The van der Waals surface area contributed by atoms with Crippen molar-refractivity contribution in [2.75, 3.05) is 0 Å². The largest absolute Gasteiger partial charge is 0.507 e. The Labute approximate surface area is 217 Å². The lowest BCUT2D eigenvalue weighted by atomic mass is 9.67. The Hall–Kier alpha value is -4.72. The number of hydrogen-bond donors (Lipinski definition) is 1. The highest BCUT2D eigenvalue weighted by molar-refractivity contribution is 6.23. The summed E-state index contributed by atoms with van der Waals surface area (Å²) in [6.07, 6.45) is 5.37. The quantitative estimate of drug-likeness (QED) is 0.431. The normalized spacial score (nSPS) is 20.3. The van der Waals surface area contributed by atoms with Crippen molar-refractivity contribution in [3.63, 3.8) is 0 Å². The Kier molecular flexibility index (Phi) is 5.41. The average molecular weight is 508 g/mol. The van der Waals surface area contributed by atoms with Gasteiger partial charge in [-0.25, -0.2) is 23.5 Å². The second-order valence-electron chi connectivity index (χ2n) is 9.78. The topological polar surface area (TPSA) is 103 Å². The first kappa shape index (κ1) is 23.7. The SMILES string of the molecule is C=CCc1cccc([C@H]2C3=CCn4c(=O)n(-c5ccccc5)c(=O)n4[C@@H]3CC3=C2C(=O)C(C)=CC3=O)c1O. The standard InChI is InChI=1S/C30H25N3O5/c1-3-8-18-9-7-12-21(28(18)36)25-20-13-14-31-29(37)32(19-10-5-4-6-11-19)30(38)33(31)23(20)16-22-24(34)15-17(2)27(35)26(22)25/h3-7,9-13,15,23,25,36H,1,8,14,16H2,2H3/t23-,25-/m1/s1. The van der Waals surface area contributed by atoms with Crippen LogP contribution >= 0.6 is 0 Å². The number of carbonyl (C=O) groups excluding carboxylic acids is 2. The molecule has 38 heavy (non-hydrogen) atoms. The minimum atomic E-state index is -0.746. The van der Waals surface area contributed by atoms with Gasteiger partial charge in [-0.1, -0.05) is 48.6 Å². The number of para-hydroxylation sites is 2. The zero-order valence-electron chi connectivity index (χ0n) is 20.8. The number of hydrogen-bond acceptors (Lipinski definition) is 5. The minimum absolute atomic E-state index is 0.0235. The molecule has 2 aromatic carbocycles. The van der Waals surface area contributed by atoms with Crippen LogP contribution in [0.3, 0.4) is 0 Å². The maximum absolute atomic E-state index is 13.7. The van der Waals surface area contributed by atoms with E-state index in [1.807, 2.05) is 6.08 Å². The molecule has 8 nitrogen and oxygen atoms in total. The number of allylic oxidation sites excluding steroid dienone is 7. The number of phenolic OH excluding ortho intramolecular Hbond substituents is 1. The predicted molar refractivity (Wildman–Crippen MR) is 142 cm³/mol. The van der Waals surface area contributed by atoms with Gasteiger partial charge in [0.2, 0.25) is 0 Å². The van der Waals surface area contributed by atoms with Crippen molar-refractivity contribution in [1.82, 2.24) is 13.9 Å². The number of aromatic nitrogens is 3. The highest BCUT2D eigenvalue weighted by atomic mass is 16.3. The summed E-state index contributed by atoms with van der Waals surface area (Å²) in [7, 11) is 0. The fourth-order valence-electron chi connectivity index (χ4n) is 5.95. The van der Waals surface area contributed by atoms with E-state index in [-0.39, 0.29) is 30.3 Å². The third-order valence-corrected chi connectivity index (χ3v) is 7.67. The number of benzene rings is 2. The molecular formula is C30H25N3O5. The van der Waals surface area contributed by atoms with Crippen LogP contribution in [0, 0.1) is 0 Å². The Balaban J connectivity index is 1.60. The molecule has 0 radical (unpaired) electrons. The van der Waals surface area contributed by atoms with Crippen LogP contribution in [0.25, 0.3) is 5.69 Å². The van der Waals surface area contributed by atoms with E-state index in [0.29, 0.717) is 45.5 Å².